The summed E-state index contributed by atoms with van der Waals surface area (Å²) in [4.78, 5) is 6.43. The van der Waals surface area contributed by atoms with Gasteiger partial charge in [-0.2, -0.15) is 0 Å². The van der Waals surface area contributed by atoms with E-state index in [2.05, 4.69) is 17.1 Å². The number of hydrogen-bond acceptors (Lipinski definition) is 6. The first-order valence-electron chi connectivity index (χ1n) is 9.17. The highest BCUT2D eigenvalue weighted by Gasteiger charge is 2.25. The van der Waals surface area contributed by atoms with Crippen molar-refractivity contribution in [1.29, 1.82) is 0 Å². The first-order valence-corrected chi connectivity index (χ1v) is 9.17. The Hall–Kier alpha value is -2.25. The molecule has 1 aromatic rings. The van der Waals surface area contributed by atoms with Gasteiger partial charge in [-0.15, -0.1) is 0 Å². The van der Waals surface area contributed by atoms with Crippen LogP contribution >= 0.6 is 0 Å². The van der Waals surface area contributed by atoms with E-state index in [1.54, 1.807) is 13.3 Å². The van der Waals surface area contributed by atoms with Crippen LogP contribution in [0.25, 0.3) is 5.57 Å². The molecule has 2 N–H and O–H groups in total. The highest BCUT2D eigenvalue weighted by atomic mass is 16.5. The first-order chi connectivity index (χ1) is 13.3. The second-order valence-electron chi connectivity index (χ2n) is 6.37. The Balaban J connectivity index is 1.89. The molecule has 2 heterocycles. The van der Waals surface area contributed by atoms with E-state index in [1.807, 2.05) is 35.3 Å². The Morgan fingerprint density at radius 3 is 2.81 bits per heavy atom. The minimum atomic E-state index is -0.164. The average molecular weight is 370 g/mol. The summed E-state index contributed by atoms with van der Waals surface area (Å²) in [6.45, 7) is 2.01. The lowest BCUT2D eigenvalue weighted by Crippen LogP contribution is -2.30. The van der Waals surface area contributed by atoms with Crippen LogP contribution in [-0.2, 0) is 4.74 Å². The van der Waals surface area contributed by atoms with Crippen molar-refractivity contribution in [3.63, 3.8) is 0 Å². The predicted molar refractivity (Wildman–Crippen MR) is 104 cm³/mol. The van der Waals surface area contributed by atoms with Gasteiger partial charge in [-0.25, -0.2) is 4.98 Å². The standard InChI is InChI=1S/C21H26N2O4/c1-26-19-7-2-8-20-18(19)15-16(17-6-3-9-22-21(17)27-20)5-4-10-23(11-13-24)12-14-25/h2-3,5-9,15,19,24-25H,4,10-14H2,1H3. The van der Waals surface area contributed by atoms with Crippen LogP contribution in [0.5, 0.6) is 5.88 Å². The highest BCUT2D eigenvalue weighted by molar-refractivity contribution is 5.80. The number of rotatable bonds is 8. The molecule has 1 unspecified atom stereocenters. The van der Waals surface area contributed by atoms with Crippen molar-refractivity contribution in [1.82, 2.24) is 9.88 Å². The number of aliphatic hydroxyl groups is 2. The molecule has 0 fully saturated rings. The van der Waals surface area contributed by atoms with E-state index in [4.69, 9.17) is 19.7 Å². The molecule has 3 rings (SSSR count). The van der Waals surface area contributed by atoms with Gasteiger partial charge in [0.1, 0.15) is 11.9 Å². The third-order valence-electron chi connectivity index (χ3n) is 4.62. The molecule has 1 aliphatic carbocycles. The topological polar surface area (TPSA) is 75.1 Å². The van der Waals surface area contributed by atoms with E-state index in [9.17, 15) is 0 Å². The number of methoxy groups -OCH3 is 1. The second-order valence-corrected chi connectivity index (χ2v) is 6.37. The van der Waals surface area contributed by atoms with Crippen molar-refractivity contribution in [3.8, 4) is 5.88 Å². The molecule has 0 saturated heterocycles. The van der Waals surface area contributed by atoms with Crippen molar-refractivity contribution in [3.05, 3.63) is 65.6 Å². The number of aromatic nitrogens is 1. The SMILES string of the molecule is COC1C=CC=C2Oc3ncccc3C(=CCCN(CCO)CCO)C=C21. The third-order valence-corrected chi connectivity index (χ3v) is 4.62. The number of aliphatic hydroxyl groups excluding tert-OH is 2. The normalized spacial score (nSPS) is 19.9. The number of allylic oxidation sites excluding steroid dienone is 4. The lowest BCUT2D eigenvalue weighted by molar-refractivity contribution is 0.163. The van der Waals surface area contributed by atoms with Gasteiger partial charge in [0.05, 0.1) is 13.2 Å². The van der Waals surface area contributed by atoms with Gasteiger partial charge in [0.15, 0.2) is 0 Å². The van der Waals surface area contributed by atoms with E-state index in [-0.39, 0.29) is 19.3 Å². The Labute approximate surface area is 159 Å². The Bertz CT molecular complexity index is 761. The first kappa shape index (κ1) is 19.5. The average Bonchev–Trinajstić information content (AvgIpc) is 2.84. The monoisotopic (exact) mass is 370 g/mol. The lowest BCUT2D eigenvalue weighted by Gasteiger charge is -2.20. The predicted octanol–water partition coefficient (Wildman–Crippen LogP) is 1.93. The van der Waals surface area contributed by atoms with Gasteiger partial charge in [0, 0.05) is 44.1 Å². The molecule has 27 heavy (non-hydrogen) atoms. The minimum absolute atomic E-state index is 0.0806. The van der Waals surface area contributed by atoms with Crippen LogP contribution in [-0.4, -0.2) is 66.2 Å². The van der Waals surface area contributed by atoms with Gasteiger partial charge in [-0.3, -0.25) is 4.90 Å². The van der Waals surface area contributed by atoms with Crippen LogP contribution in [0.2, 0.25) is 0 Å². The molecular formula is C21H26N2O4. The fourth-order valence-electron chi connectivity index (χ4n) is 3.27. The number of nitrogens with zero attached hydrogens (tertiary/aromatic N) is 2. The molecule has 0 radical (unpaired) electrons. The van der Waals surface area contributed by atoms with E-state index in [0.717, 1.165) is 35.4 Å². The molecule has 6 heteroatoms. The maximum Gasteiger partial charge on any atom is 0.227 e. The zero-order chi connectivity index (χ0) is 19.1. The molecule has 6 nitrogen and oxygen atoms in total. The van der Waals surface area contributed by atoms with Crippen LogP contribution in [0, 0.1) is 0 Å². The quantitative estimate of drug-likeness (QED) is 0.728. The van der Waals surface area contributed by atoms with Crippen molar-refractivity contribution in [2.75, 3.05) is 40.0 Å². The summed E-state index contributed by atoms with van der Waals surface area (Å²) in [7, 11) is 1.68. The summed E-state index contributed by atoms with van der Waals surface area (Å²) >= 11 is 0. The maximum absolute atomic E-state index is 9.16. The van der Waals surface area contributed by atoms with Crippen LogP contribution in [0.1, 0.15) is 12.0 Å². The summed E-state index contributed by atoms with van der Waals surface area (Å²) in [5, 5.41) is 18.3. The Morgan fingerprint density at radius 2 is 2.07 bits per heavy atom. The molecule has 144 valence electrons. The van der Waals surface area contributed by atoms with Crippen LogP contribution in [0.3, 0.4) is 0 Å². The summed E-state index contributed by atoms with van der Waals surface area (Å²) in [5.41, 5.74) is 2.93. The van der Waals surface area contributed by atoms with E-state index in [1.165, 1.54) is 0 Å². The molecule has 0 bridgehead atoms. The molecular weight excluding hydrogens is 344 g/mol. The van der Waals surface area contributed by atoms with Crippen LogP contribution in [0.15, 0.2) is 60.0 Å². The molecule has 0 aromatic carbocycles. The second kappa shape index (κ2) is 9.62. The number of hydrogen-bond donors (Lipinski definition) is 2. The fraction of sp³-hybridized carbons (Fsp3) is 0.381. The smallest absolute Gasteiger partial charge is 0.227 e. The molecule has 0 spiro atoms. The maximum atomic E-state index is 9.16. The molecule has 0 amide bonds. The summed E-state index contributed by atoms with van der Waals surface area (Å²) in [5.74, 6) is 1.32. The Morgan fingerprint density at radius 1 is 1.26 bits per heavy atom. The van der Waals surface area contributed by atoms with Crippen molar-refractivity contribution in [2.24, 2.45) is 0 Å². The summed E-state index contributed by atoms with van der Waals surface area (Å²) in [6.07, 6.45) is 12.4. The lowest BCUT2D eigenvalue weighted by atomic mass is 9.97. The van der Waals surface area contributed by atoms with Crippen molar-refractivity contribution < 1.29 is 19.7 Å². The number of fused-ring (bicyclic) bond motifs is 2. The third kappa shape index (κ3) is 4.73. The van der Waals surface area contributed by atoms with Gasteiger partial charge in [-0.05, 0) is 36.3 Å². The minimum Gasteiger partial charge on any atom is -0.438 e. The van der Waals surface area contributed by atoms with Crippen LogP contribution in [0.4, 0.5) is 0 Å². The molecule has 1 atom stereocenters. The number of pyridine rings is 1. The fourth-order valence-corrected chi connectivity index (χ4v) is 3.27. The summed E-state index contributed by atoms with van der Waals surface area (Å²) < 4.78 is 11.6. The summed E-state index contributed by atoms with van der Waals surface area (Å²) in [6, 6.07) is 3.89. The molecule has 0 saturated carbocycles. The van der Waals surface area contributed by atoms with E-state index < -0.39 is 0 Å². The van der Waals surface area contributed by atoms with Gasteiger partial charge >= 0.3 is 0 Å². The number of ether oxygens (including phenoxy) is 2. The zero-order valence-electron chi connectivity index (χ0n) is 15.5. The zero-order valence-corrected chi connectivity index (χ0v) is 15.5. The largest absolute Gasteiger partial charge is 0.438 e. The Kier molecular flexibility index (Phi) is 6.95. The molecule has 2 aliphatic rings. The highest BCUT2D eigenvalue weighted by Crippen LogP contribution is 2.36. The van der Waals surface area contributed by atoms with Gasteiger partial charge < -0.3 is 19.7 Å². The van der Waals surface area contributed by atoms with Gasteiger partial charge in [0.2, 0.25) is 5.88 Å². The molecule has 1 aromatic heterocycles. The van der Waals surface area contributed by atoms with Crippen molar-refractivity contribution in [2.45, 2.75) is 12.5 Å². The van der Waals surface area contributed by atoms with Crippen LogP contribution < -0.4 is 4.74 Å². The van der Waals surface area contributed by atoms with E-state index >= 15 is 0 Å². The van der Waals surface area contributed by atoms with E-state index in [0.29, 0.717) is 19.0 Å². The van der Waals surface area contributed by atoms with Gasteiger partial charge in [0.25, 0.3) is 0 Å². The van der Waals surface area contributed by atoms with Gasteiger partial charge in [-0.1, -0.05) is 18.2 Å². The van der Waals surface area contributed by atoms with Crippen molar-refractivity contribution >= 4 is 5.57 Å². The molecule has 1 aliphatic heterocycles.